The molecule has 0 aliphatic rings. The lowest BCUT2D eigenvalue weighted by Crippen LogP contribution is -2.03. The van der Waals surface area contributed by atoms with Crippen LogP contribution in [0.25, 0.3) is 0 Å². The first-order chi connectivity index (χ1) is 11.0. The third-order valence-corrected chi connectivity index (χ3v) is 4.46. The van der Waals surface area contributed by atoms with Crippen LogP contribution in [0.15, 0.2) is 56.4 Å². The quantitative estimate of drug-likeness (QED) is 0.464. The van der Waals surface area contributed by atoms with Crippen LogP contribution < -0.4 is 0 Å². The van der Waals surface area contributed by atoms with E-state index < -0.39 is 41.5 Å². The van der Waals surface area contributed by atoms with Crippen molar-refractivity contribution in [3.05, 3.63) is 36.4 Å². The Hall–Kier alpha value is -2.54. The molecule has 2 rings (SSSR count). The van der Waals surface area contributed by atoms with Crippen molar-refractivity contribution in [2.75, 3.05) is 0 Å². The highest BCUT2D eigenvalue weighted by molar-refractivity contribution is 7.86. The second kappa shape index (κ2) is 6.16. The first-order valence-electron chi connectivity index (χ1n) is 6.01. The van der Waals surface area contributed by atoms with E-state index in [1.54, 1.807) is 0 Å². The SMILES string of the molecule is O=S(=O)(O)c1ccc(N=Nc2ccc(O)cc2O)c(S(=O)(=O)O)c1. The maximum Gasteiger partial charge on any atom is 0.296 e. The summed E-state index contributed by atoms with van der Waals surface area (Å²) >= 11 is 0. The molecule has 0 aliphatic heterocycles. The van der Waals surface area contributed by atoms with Crippen LogP contribution in [0.5, 0.6) is 11.5 Å². The van der Waals surface area contributed by atoms with E-state index in [9.17, 15) is 21.9 Å². The summed E-state index contributed by atoms with van der Waals surface area (Å²) < 4.78 is 62.9. The first kappa shape index (κ1) is 17.8. The van der Waals surface area contributed by atoms with Gasteiger partial charge >= 0.3 is 0 Å². The van der Waals surface area contributed by atoms with E-state index in [0.717, 1.165) is 18.2 Å². The molecule has 10 nitrogen and oxygen atoms in total. The number of nitrogens with zero attached hydrogens (tertiary/aromatic N) is 2. The van der Waals surface area contributed by atoms with Crippen molar-refractivity contribution < 1.29 is 36.2 Å². The minimum absolute atomic E-state index is 0.118. The summed E-state index contributed by atoms with van der Waals surface area (Å²) in [4.78, 5) is -1.67. The maximum absolute atomic E-state index is 11.4. The lowest BCUT2D eigenvalue weighted by Gasteiger charge is -2.04. The van der Waals surface area contributed by atoms with E-state index in [1.807, 2.05) is 0 Å². The van der Waals surface area contributed by atoms with E-state index >= 15 is 0 Å². The van der Waals surface area contributed by atoms with Crippen molar-refractivity contribution in [1.29, 1.82) is 0 Å². The van der Waals surface area contributed by atoms with Gasteiger partial charge in [0.05, 0.1) is 4.90 Å². The number of hydrogen-bond acceptors (Lipinski definition) is 8. The van der Waals surface area contributed by atoms with Crippen LogP contribution in [0.3, 0.4) is 0 Å². The molecular formula is C12H10N2O8S2. The Bertz CT molecular complexity index is 1030. The number of aromatic hydroxyl groups is 2. The van der Waals surface area contributed by atoms with Crippen LogP contribution in [-0.4, -0.2) is 36.2 Å². The van der Waals surface area contributed by atoms with Crippen LogP contribution >= 0.6 is 0 Å². The summed E-state index contributed by atoms with van der Waals surface area (Å²) in [6, 6.07) is 5.62. The van der Waals surface area contributed by atoms with E-state index in [1.165, 1.54) is 12.1 Å². The zero-order chi connectivity index (χ0) is 18.1. The Morgan fingerprint density at radius 3 is 1.88 bits per heavy atom. The molecule has 0 aromatic heterocycles. The number of rotatable bonds is 4. The van der Waals surface area contributed by atoms with Gasteiger partial charge in [0.2, 0.25) is 0 Å². The number of benzene rings is 2. The Morgan fingerprint density at radius 1 is 0.750 bits per heavy atom. The summed E-state index contributed by atoms with van der Waals surface area (Å²) in [7, 11) is -9.57. The molecule has 0 bridgehead atoms. The van der Waals surface area contributed by atoms with Gasteiger partial charge in [-0.05, 0) is 30.3 Å². The van der Waals surface area contributed by atoms with Gasteiger partial charge in [0, 0.05) is 6.07 Å². The highest BCUT2D eigenvalue weighted by atomic mass is 32.2. The number of hydrogen-bond donors (Lipinski definition) is 4. The average molecular weight is 374 g/mol. The fourth-order valence-corrected chi connectivity index (χ4v) is 2.88. The van der Waals surface area contributed by atoms with Gasteiger partial charge < -0.3 is 10.2 Å². The van der Waals surface area contributed by atoms with Crippen molar-refractivity contribution in [2.24, 2.45) is 10.2 Å². The highest BCUT2D eigenvalue weighted by Crippen LogP contribution is 2.33. The molecule has 24 heavy (non-hydrogen) atoms. The molecule has 0 saturated heterocycles. The lowest BCUT2D eigenvalue weighted by molar-refractivity contribution is 0.451. The number of azo groups is 1. The third-order valence-electron chi connectivity index (χ3n) is 2.73. The summed E-state index contributed by atoms with van der Waals surface area (Å²) in [5, 5.41) is 25.8. The Labute approximate surface area is 136 Å². The molecule has 2 aromatic rings. The average Bonchev–Trinajstić information content (AvgIpc) is 2.44. The molecule has 0 aliphatic carbocycles. The topological polar surface area (TPSA) is 174 Å². The van der Waals surface area contributed by atoms with Gasteiger partial charge in [-0.1, -0.05) is 0 Å². The van der Waals surface area contributed by atoms with Crippen molar-refractivity contribution in [3.63, 3.8) is 0 Å². The summed E-state index contributed by atoms with van der Waals surface area (Å²) in [6.45, 7) is 0. The third kappa shape index (κ3) is 4.05. The second-order valence-electron chi connectivity index (χ2n) is 4.45. The predicted octanol–water partition coefficient (Wildman–Crippen LogP) is 2.01. The van der Waals surface area contributed by atoms with Crippen LogP contribution in [0.2, 0.25) is 0 Å². The van der Waals surface area contributed by atoms with Gasteiger partial charge in [0.25, 0.3) is 20.2 Å². The molecule has 0 fully saturated rings. The molecule has 0 amide bonds. The van der Waals surface area contributed by atoms with Gasteiger partial charge in [-0.3, -0.25) is 9.11 Å². The molecule has 0 radical (unpaired) electrons. The molecule has 4 N–H and O–H groups in total. The van der Waals surface area contributed by atoms with Gasteiger partial charge in [-0.25, -0.2) is 0 Å². The molecule has 128 valence electrons. The minimum Gasteiger partial charge on any atom is -0.508 e. The van der Waals surface area contributed by atoms with Gasteiger partial charge in [-0.2, -0.15) is 16.8 Å². The van der Waals surface area contributed by atoms with E-state index in [2.05, 4.69) is 10.2 Å². The highest BCUT2D eigenvalue weighted by Gasteiger charge is 2.20. The molecule has 0 saturated carbocycles. The predicted molar refractivity (Wildman–Crippen MR) is 80.0 cm³/mol. The molecule has 0 unspecified atom stereocenters. The van der Waals surface area contributed by atoms with Crippen molar-refractivity contribution in [1.82, 2.24) is 0 Å². The molecule has 0 heterocycles. The van der Waals surface area contributed by atoms with E-state index in [-0.39, 0.29) is 11.4 Å². The van der Waals surface area contributed by atoms with Crippen LogP contribution in [0.4, 0.5) is 11.4 Å². The van der Waals surface area contributed by atoms with Gasteiger partial charge in [0.1, 0.15) is 27.8 Å². The Balaban J connectivity index is 2.56. The minimum atomic E-state index is -4.87. The summed E-state index contributed by atoms with van der Waals surface area (Å²) in [5.41, 5.74) is -0.551. The molecule has 0 atom stereocenters. The van der Waals surface area contributed by atoms with E-state index in [4.69, 9.17) is 14.2 Å². The fourth-order valence-electron chi connectivity index (χ4n) is 1.65. The molecule has 2 aromatic carbocycles. The number of phenols is 2. The second-order valence-corrected chi connectivity index (χ2v) is 7.26. The number of phenolic OH excluding ortho intramolecular Hbond substituents is 2. The summed E-state index contributed by atoms with van der Waals surface area (Å²) in [5.74, 6) is -0.677. The normalized spacial score (nSPS) is 12.6. The molecular weight excluding hydrogens is 364 g/mol. The van der Waals surface area contributed by atoms with Gasteiger partial charge in [-0.15, -0.1) is 10.2 Å². The Morgan fingerprint density at radius 2 is 1.33 bits per heavy atom. The van der Waals surface area contributed by atoms with Gasteiger partial charge in [0.15, 0.2) is 0 Å². The maximum atomic E-state index is 11.4. The largest absolute Gasteiger partial charge is 0.508 e. The first-order valence-corrected chi connectivity index (χ1v) is 8.89. The van der Waals surface area contributed by atoms with Crippen molar-refractivity contribution >= 4 is 31.6 Å². The fraction of sp³-hybridized carbons (Fsp3) is 0. The Kier molecular flexibility index (Phi) is 4.57. The molecule has 12 heteroatoms. The van der Waals surface area contributed by atoms with Crippen molar-refractivity contribution in [2.45, 2.75) is 9.79 Å². The van der Waals surface area contributed by atoms with Crippen LogP contribution in [0, 0.1) is 0 Å². The zero-order valence-corrected chi connectivity index (χ0v) is 13.2. The molecule has 0 spiro atoms. The van der Waals surface area contributed by atoms with Crippen molar-refractivity contribution in [3.8, 4) is 11.5 Å². The standard InChI is InChI=1S/C12H10N2O8S2/c15-7-1-3-9(11(16)5-7)13-14-10-4-2-8(23(17,18)19)6-12(10)24(20,21)22/h1-6,15-16H,(H,17,18,19)(H,20,21,22). The zero-order valence-electron chi connectivity index (χ0n) is 11.6. The van der Waals surface area contributed by atoms with E-state index in [0.29, 0.717) is 6.07 Å². The lowest BCUT2D eigenvalue weighted by atomic mass is 10.3. The monoisotopic (exact) mass is 374 g/mol. The smallest absolute Gasteiger partial charge is 0.296 e. The van der Waals surface area contributed by atoms with Crippen LogP contribution in [-0.2, 0) is 20.2 Å². The van der Waals surface area contributed by atoms with Crippen LogP contribution in [0.1, 0.15) is 0 Å². The summed E-state index contributed by atoms with van der Waals surface area (Å²) in [6.07, 6.45) is 0.